The fraction of sp³-hybridized carbons (Fsp3) is 0.136. The van der Waals surface area contributed by atoms with Crippen LogP contribution in [0, 0.1) is 6.92 Å². The second-order valence-electron chi connectivity index (χ2n) is 6.61. The van der Waals surface area contributed by atoms with E-state index in [1.165, 1.54) is 10.9 Å². The zero-order chi connectivity index (χ0) is 19.3. The van der Waals surface area contributed by atoms with Crippen molar-refractivity contribution in [3.63, 3.8) is 0 Å². The highest BCUT2D eigenvalue weighted by atomic mass is 16.1. The average Bonchev–Trinajstić information content (AvgIpc) is 3.13. The smallest absolute Gasteiger partial charge is 0.271 e. The third kappa shape index (κ3) is 3.86. The molecule has 3 N–H and O–H groups in total. The molecule has 0 bridgehead atoms. The molecule has 2 aromatic carbocycles. The van der Waals surface area contributed by atoms with E-state index in [4.69, 9.17) is 0 Å². The minimum Gasteiger partial charge on any atom is -0.361 e. The lowest BCUT2D eigenvalue weighted by Crippen LogP contribution is -2.26. The first-order valence-corrected chi connectivity index (χ1v) is 9.20. The Morgan fingerprint density at radius 3 is 2.64 bits per heavy atom. The normalized spacial score (nSPS) is 10.8. The molecular formula is C22H21N5O. The van der Waals surface area contributed by atoms with Crippen molar-refractivity contribution in [1.29, 1.82) is 0 Å². The molecule has 0 aliphatic rings. The van der Waals surface area contributed by atoms with Crippen LogP contribution in [0.4, 0.5) is 11.5 Å². The molecule has 2 heterocycles. The van der Waals surface area contributed by atoms with Gasteiger partial charge < -0.3 is 15.6 Å². The Morgan fingerprint density at radius 2 is 1.82 bits per heavy atom. The molecule has 140 valence electrons. The van der Waals surface area contributed by atoms with Gasteiger partial charge in [0.2, 0.25) is 0 Å². The maximum absolute atomic E-state index is 12.3. The fourth-order valence-corrected chi connectivity index (χ4v) is 3.11. The van der Waals surface area contributed by atoms with E-state index in [0.29, 0.717) is 18.1 Å². The monoisotopic (exact) mass is 371 g/mol. The van der Waals surface area contributed by atoms with E-state index in [1.54, 1.807) is 12.1 Å². The van der Waals surface area contributed by atoms with Gasteiger partial charge in [-0.2, -0.15) is 0 Å². The lowest BCUT2D eigenvalue weighted by Gasteiger charge is -2.08. The lowest BCUT2D eigenvalue weighted by atomic mass is 10.1. The summed E-state index contributed by atoms with van der Waals surface area (Å²) in [4.78, 5) is 15.6. The SMILES string of the molecule is Cc1ccccc1Nc1ccc(C(=O)NCCc2c[nH]c3ccccc23)nn1. The van der Waals surface area contributed by atoms with Gasteiger partial charge in [0, 0.05) is 29.3 Å². The highest BCUT2D eigenvalue weighted by Gasteiger charge is 2.09. The number of aromatic amines is 1. The molecule has 0 saturated carbocycles. The Balaban J connectivity index is 1.34. The molecule has 0 radical (unpaired) electrons. The van der Waals surface area contributed by atoms with E-state index >= 15 is 0 Å². The molecule has 1 amide bonds. The maximum Gasteiger partial charge on any atom is 0.271 e. The molecular weight excluding hydrogens is 350 g/mol. The van der Waals surface area contributed by atoms with Gasteiger partial charge in [0.05, 0.1) is 0 Å². The first-order valence-electron chi connectivity index (χ1n) is 9.20. The number of H-pyrrole nitrogens is 1. The number of aromatic nitrogens is 3. The summed E-state index contributed by atoms with van der Waals surface area (Å²) < 4.78 is 0. The first-order chi connectivity index (χ1) is 13.7. The van der Waals surface area contributed by atoms with Gasteiger partial charge in [-0.3, -0.25) is 4.79 Å². The number of rotatable bonds is 6. The molecule has 0 spiro atoms. The molecule has 0 atom stereocenters. The van der Waals surface area contributed by atoms with Gasteiger partial charge in [0.1, 0.15) is 0 Å². The second kappa shape index (κ2) is 7.92. The maximum atomic E-state index is 12.3. The summed E-state index contributed by atoms with van der Waals surface area (Å²) in [6.45, 7) is 2.55. The van der Waals surface area contributed by atoms with Crippen LogP contribution in [0.1, 0.15) is 21.6 Å². The highest BCUT2D eigenvalue weighted by molar-refractivity contribution is 5.92. The molecule has 2 aromatic heterocycles. The Kier molecular flexibility index (Phi) is 5.01. The number of nitrogens with zero attached hydrogens (tertiary/aromatic N) is 2. The zero-order valence-corrected chi connectivity index (χ0v) is 15.6. The topological polar surface area (TPSA) is 82.7 Å². The van der Waals surface area contributed by atoms with Crippen molar-refractivity contribution in [3.05, 3.63) is 83.7 Å². The van der Waals surface area contributed by atoms with Crippen LogP contribution in [0.2, 0.25) is 0 Å². The number of para-hydroxylation sites is 2. The van der Waals surface area contributed by atoms with Crippen molar-refractivity contribution in [3.8, 4) is 0 Å². The van der Waals surface area contributed by atoms with E-state index < -0.39 is 0 Å². The number of fused-ring (bicyclic) bond motifs is 1. The number of hydrogen-bond donors (Lipinski definition) is 3. The molecule has 28 heavy (non-hydrogen) atoms. The van der Waals surface area contributed by atoms with E-state index in [1.807, 2.05) is 55.6 Å². The summed E-state index contributed by atoms with van der Waals surface area (Å²) in [7, 11) is 0. The van der Waals surface area contributed by atoms with Crippen LogP contribution in [-0.4, -0.2) is 27.6 Å². The molecule has 0 unspecified atom stereocenters. The molecule has 0 aliphatic heterocycles. The van der Waals surface area contributed by atoms with Crippen LogP contribution in [-0.2, 0) is 6.42 Å². The average molecular weight is 371 g/mol. The minimum absolute atomic E-state index is 0.227. The zero-order valence-electron chi connectivity index (χ0n) is 15.6. The van der Waals surface area contributed by atoms with Gasteiger partial charge in [0.15, 0.2) is 11.5 Å². The van der Waals surface area contributed by atoms with Crippen molar-refractivity contribution >= 4 is 28.3 Å². The van der Waals surface area contributed by atoms with Crippen molar-refractivity contribution in [2.45, 2.75) is 13.3 Å². The summed E-state index contributed by atoms with van der Waals surface area (Å²) in [5.41, 5.74) is 4.66. The largest absolute Gasteiger partial charge is 0.361 e. The third-order valence-electron chi connectivity index (χ3n) is 4.66. The van der Waals surface area contributed by atoms with Crippen molar-refractivity contribution in [1.82, 2.24) is 20.5 Å². The van der Waals surface area contributed by atoms with E-state index in [2.05, 4.69) is 31.9 Å². The molecule has 6 heteroatoms. The van der Waals surface area contributed by atoms with Crippen LogP contribution in [0.5, 0.6) is 0 Å². The molecule has 4 aromatic rings. The number of anilines is 2. The van der Waals surface area contributed by atoms with Gasteiger partial charge in [-0.15, -0.1) is 10.2 Å². The van der Waals surface area contributed by atoms with Crippen LogP contribution in [0.15, 0.2) is 66.9 Å². The summed E-state index contributed by atoms with van der Waals surface area (Å²) in [5.74, 6) is 0.374. The Bertz CT molecular complexity index is 1100. The van der Waals surface area contributed by atoms with Crippen LogP contribution < -0.4 is 10.6 Å². The van der Waals surface area contributed by atoms with Crippen LogP contribution in [0.3, 0.4) is 0 Å². The van der Waals surface area contributed by atoms with Gasteiger partial charge in [-0.05, 0) is 48.7 Å². The number of amides is 1. The molecule has 0 saturated heterocycles. The Hall–Kier alpha value is -3.67. The number of aryl methyl sites for hydroxylation is 1. The predicted molar refractivity (Wildman–Crippen MR) is 111 cm³/mol. The van der Waals surface area contributed by atoms with E-state index in [9.17, 15) is 4.79 Å². The van der Waals surface area contributed by atoms with Crippen molar-refractivity contribution in [2.75, 3.05) is 11.9 Å². The van der Waals surface area contributed by atoms with Gasteiger partial charge in [0.25, 0.3) is 5.91 Å². The van der Waals surface area contributed by atoms with E-state index in [-0.39, 0.29) is 5.91 Å². The number of hydrogen-bond acceptors (Lipinski definition) is 4. The number of benzene rings is 2. The molecule has 4 rings (SSSR count). The third-order valence-corrected chi connectivity index (χ3v) is 4.66. The summed E-state index contributed by atoms with van der Waals surface area (Å²) in [5, 5.41) is 15.4. The standard InChI is InChI=1S/C22H21N5O/c1-15-6-2-4-8-18(15)25-21-11-10-20(26-27-21)22(28)23-13-12-16-14-24-19-9-5-3-7-17(16)19/h2-11,14,24H,12-13H2,1H3,(H,23,28)(H,25,27). The molecule has 0 aliphatic carbocycles. The highest BCUT2D eigenvalue weighted by Crippen LogP contribution is 2.19. The summed E-state index contributed by atoms with van der Waals surface area (Å²) >= 11 is 0. The summed E-state index contributed by atoms with van der Waals surface area (Å²) in [6.07, 6.45) is 2.73. The molecule has 6 nitrogen and oxygen atoms in total. The van der Waals surface area contributed by atoms with Gasteiger partial charge >= 0.3 is 0 Å². The minimum atomic E-state index is -0.227. The van der Waals surface area contributed by atoms with Crippen LogP contribution >= 0.6 is 0 Å². The molecule has 0 fully saturated rings. The van der Waals surface area contributed by atoms with E-state index in [0.717, 1.165) is 23.2 Å². The number of nitrogens with one attached hydrogen (secondary N) is 3. The number of carbonyl (C=O) groups is 1. The first kappa shape index (κ1) is 17.7. The van der Waals surface area contributed by atoms with Gasteiger partial charge in [-0.1, -0.05) is 36.4 Å². The number of carbonyl (C=O) groups excluding carboxylic acids is 1. The second-order valence-corrected chi connectivity index (χ2v) is 6.61. The van der Waals surface area contributed by atoms with Crippen LogP contribution in [0.25, 0.3) is 10.9 Å². The predicted octanol–water partition coefficient (Wildman–Crippen LogP) is 3.98. The quantitative estimate of drug-likeness (QED) is 0.479. The van der Waals surface area contributed by atoms with Gasteiger partial charge in [-0.25, -0.2) is 0 Å². The van der Waals surface area contributed by atoms with Crippen molar-refractivity contribution < 1.29 is 4.79 Å². The lowest BCUT2D eigenvalue weighted by molar-refractivity contribution is 0.0948. The Labute approximate surface area is 163 Å². The van der Waals surface area contributed by atoms with Crippen molar-refractivity contribution in [2.24, 2.45) is 0 Å². The fourth-order valence-electron chi connectivity index (χ4n) is 3.11. The summed E-state index contributed by atoms with van der Waals surface area (Å²) in [6, 6.07) is 19.5. The Morgan fingerprint density at radius 1 is 1.00 bits per heavy atom.